The summed E-state index contributed by atoms with van der Waals surface area (Å²) in [7, 11) is 1.50. The number of aromatic nitrogens is 1. The second-order valence-corrected chi connectivity index (χ2v) is 5.57. The van der Waals surface area contributed by atoms with Crippen LogP contribution < -0.4 is 10.5 Å². The quantitative estimate of drug-likeness (QED) is 0.692. The third kappa shape index (κ3) is 3.08. The van der Waals surface area contributed by atoms with Gasteiger partial charge in [0.15, 0.2) is 0 Å². The molecule has 1 aromatic carbocycles. The molecular weight excluding hydrogens is 276 g/mol. The van der Waals surface area contributed by atoms with Crippen LogP contribution in [0.3, 0.4) is 0 Å². The molecule has 0 bridgehead atoms. The highest BCUT2D eigenvalue weighted by Crippen LogP contribution is 2.23. The van der Waals surface area contributed by atoms with Gasteiger partial charge in [-0.2, -0.15) is 0 Å². The third-order valence-corrected chi connectivity index (χ3v) is 3.89. The Morgan fingerprint density at radius 1 is 1.40 bits per heavy atom. The van der Waals surface area contributed by atoms with Crippen molar-refractivity contribution < 1.29 is 14.3 Å². The number of thiazole rings is 1. The normalized spacial score (nSPS) is 10.3. The van der Waals surface area contributed by atoms with Gasteiger partial charge in [-0.1, -0.05) is 0 Å². The maximum Gasteiger partial charge on any atom is 0.342 e. The average Bonchev–Trinajstić information content (AvgIpc) is 2.75. The fraction of sp³-hybridized carbons (Fsp3) is 0.286. The Hall–Kier alpha value is -2.08. The Morgan fingerprint density at radius 2 is 2.15 bits per heavy atom. The number of nitrogens with two attached hydrogens (primary N) is 1. The van der Waals surface area contributed by atoms with E-state index in [0.29, 0.717) is 17.0 Å². The lowest BCUT2D eigenvalue weighted by molar-refractivity contribution is 0.0468. The van der Waals surface area contributed by atoms with Crippen molar-refractivity contribution in [3.63, 3.8) is 0 Å². The van der Waals surface area contributed by atoms with E-state index in [-0.39, 0.29) is 6.61 Å². The molecule has 2 aromatic rings. The summed E-state index contributed by atoms with van der Waals surface area (Å²) in [6.07, 6.45) is 0. The summed E-state index contributed by atoms with van der Waals surface area (Å²) >= 11 is 1.52. The largest absolute Gasteiger partial charge is 0.496 e. The molecule has 0 aliphatic heterocycles. The topological polar surface area (TPSA) is 74.4 Å². The zero-order chi connectivity index (χ0) is 14.7. The van der Waals surface area contributed by atoms with Gasteiger partial charge in [-0.15, -0.1) is 11.3 Å². The molecule has 0 fully saturated rings. The summed E-state index contributed by atoms with van der Waals surface area (Å²) in [5, 5.41) is 0.774. The highest BCUT2D eigenvalue weighted by atomic mass is 32.1. The van der Waals surface area contributed by atoms with Crippen molar-refractivity contribution in [3.8, 4) is 5.75 Å². The van der Waals surface area contributed by atoms with Crippen molar-refractivity contribution >= 4 is 23.0 Å². The Bertz CT molecular complexity index is 618. The Kier molecular flexibility index (Phi) is 4.24. The molecule has 6 heteroatoms. The number of nitrogen functional groups attached to an aromatic ring is 1. The van der Waals surface area contributed by atoms with Crippen molar-refractivity contribution in [3.05, 3.63) is 39.3 Å². The van der Waals surface area contributed by atoms with Crippen LogP contribution in [0.15, 0.2) is 18.2 Å². The molecule has 106 valence electrons. The predicted octanol–water partition coefficient (Wildman–Crippen LogP) is 2.71. The summed E-state index contributed by atoms with van der Waals surface area (Å²) in [5.41, 5.74) is 7.44. The molecule has 0 aliphatic carbocycles. The van der Waals surface area contributed by atoms with Crippen LogP contribution >= 0.6 is 11.3 Å². The lowest BCUT2D eigenvalue weighted by atomic mass is 10.2. The van der Waals surface area contributed by atoms with E-state index in [1.807, 2.05) is 13.8 Å². The van der Waals surface area contributed by atoms with Crippen molar-refractivity contribution in [2.24, 2.45) is 0 Å². The van der Waals surface area contributed by atoms with Crippen molar-refractivity contribution in [2.75, 3.05) is 12.8 Å². The number of anilines is 1. The first-order valence-electron chi connectivity index (χ1n) is 6.05. The van der Waals surface area contributed by atoms with Gasteiger partial charge in [0.1, 0.15) is 22.9 Å². The van der Waals surface area contributed by atoms with Gasteiger partial charge in [0, 0.05) is 10.6 Å². The average molecular weight is 292 g/mol. The number of carbonyl (C=O) groups is 1. The minimum atomic E-state index is -0.473. The molecule has 0 saturated heterocycles. The number of hydrogen-bond donors (Lipinski definition) is 1. The maximum atomic E-state index is 12.1. The first-order chi connectivity index (χ1) is 9.51. The number of benzene rings is 1. The number of aryl methyl sites for hydroxylation is 2. The van der Waals surface area contributed by atoms with E-state index < -0.39 is 5.97 Å². The molecule has 0 atom stereocenters. The molecule has 1 heterocycles. The fourth-order valence-electron chi connectivity index (χ4n) is 1.69. The van der Waals surface area contributed by atoms with Gasteiger partial charge in [-0.25, -0.2) is 9.78 Å². The Balaban J connectivity index is 2.10. The van der Waals surface area contributed by atoms with Gasteiger partial charge in [0.25, 0.3) is 0 Å². The zero-order valence-corrected chi connectivity index (χ0v) is 12.4. The molecule has 0 spiro atoms. The second-order valence-electron chi connectivity index (χ2n) is 4.29. The highest BCUT2D eigenvalue weighted by molar-refractivity contribution is 7.11. The molecule has 0 amide bonds. The predicted molar refractivity (Wildman–Crippen MR) is 78.1 cm³/mol. The molecule has 20 heavy (non-hydrogen) atoms. The minimum Gasteiger partial charge on any atom is -0.496 e. The highest BCUT2D eigenvalue weighted by Gasteiger charge is 2.15. The summed E-state index contributed by atoms with van der Waals surface area (Å²) < 4.78 is 10.4. The van der Waals surface area contributed by atoms with Crippen LogP contribution in [-0.4, -0.2) is 18.1 Å². The van der Waals surface area contributed by atoms with Gasteiger partial charge in [0.2, 0.25) is 0 Å². The van der Waals surface area contributed by atoms with E-state index >= 15 is 0 Å². The van der Waals surface area contributed by atoms with Gasteiger partial charge >= 0.3 is 5.97 Å². The molecule has 0 radical (unpaired) electrons. The number of methoxy groups -OCH3 is 1. The van der Waals surface area contributed by atoms with Crippen molar-refractivity contribution in [1.29, 1.82) is 0 Å². The zero-order valence-electron chi connectivity index (χ0n) is 11.6. The van der Waals surface area contributed by atoms with Crippen LogP contribution in [0.25, 0.3) is 0 Å². The van der Waals surface area contributed by atoms with E-state index in [1.165, 1.54) is 18.4 Å². The summed E-state index contributed by atoms with van der Waals surface area (Å²) in [6.45, 7) is 4.06. The molecular formula is C14H16N2O3S. The standard InChI is InChI=1S/C14H16N2O3S/c1-8-9(2)20-13(16-8)7-19-14(17)11-6-10(15)4-5-12(11)18-3/h4-6H,7,15H2,1-3H3. The smallest absolute Gasteiger partial charge is 0.342 e. The molecule has 1 aromatic heterocycles. The summed E-state index contributed by atoms with van der Waals surface area (Å²) in [5.74, 6) is -0.0321. The van der Waals surface area contributed by atoms with Gasteiger partial charge in [-0.3, -0.25) is 0 Å². The molecule has 0 saturated carbocycles. The first kappa shape index (κ1) is 14.3. The number of rotatable bonds is 4. The molecule has 0 aliphatic rings. The summed E-state index contributed by atoms with van der Waals surface area (Å²) in [4.78, 5) is 17.5. The maximum absolute atomic E-state index is 12.1. The van der Waals surface area contributed by atoms with Crippen LogP contribution in [0.4, 0.5) is 5.69 Å². The van der Waals surface area contributed by atoms with E-state index in [1.54, 1.807) is 18.2 Å². The lowest BCUT2D eigenvalue weighted by Gasteiger charge is -2.08. The number of carbonyl (C=O) groups excluding carboxylic acids is 1. The van der Waals surface area contributed by atoms with Crippen LogP contribution in [0.5, 0.6) is 5.75 Å². The number of nitrogens with zero attached hydrogens (tertiary/aromatic N) is 1. The Labute approximate surface area is 121 Å². The van der Waals surface area contributed by atoms with Gasteiger partial charge < -0.3 is 15.2 Å². The second kappa shape index (κ2) is 5.92. The number of hydrogen-bond acceptors (Lipinski definition) is 6. The number of esters is 1. The van der Waals surface area contributed by atoms with Gasteiger partial charge in [0.05, 0.1) is 12.8 Å². The minimum absolute atomic E-state index is 0.149. The first-order valence-corrected chi connectivity index (χ1v) is 6.86. The van der Waals surface area contributed by atoms with Crippen LogP contribution in [0, 0.1) is 13.8 Å². The number of ether oxygens (including phenoxy) is 2. The Morgan fingerprint density at radius 3 is 2.75 bits per heavy atom. The molecule has 2 N–H and O–H groups in total. The molecule has 5 nitrogen and oxygen atoms in total. The van der Waals surface area contributed by atoms with Crippen molar-refractivity contribution in [1.82, 2.24) is 4.98 Å². The SMILES string of the molecule is COc1ccc(N)cc1C(=O)OCc1nc(C)c(C)s1. The fourth-order valence-corrected chi connectivity index (χ4v) is 2.54. The van der Waals surface area contributed by atoms with E-state index in [9.17, 15) is 4.79 Å². The van der Waals surface area contributed by atoms with Crippen LogP contribution in [0.1, 0.15) is 25.9 Å². The molecule has 2 rings (SSSR count). The van der Waals surface area contributed by atoms with Crippen molar-refractivity contribution in [2.45, 2.75) is 20.5 Å². The lowest BCUT2D eigenvalue weighted by Crippen LogP contribution is -2.07. The van der Waals surface area contributed by atoms with Crippen LogP contribution in [-0.2, 0) is 11.3 Å². The third-order valence-electron chi connectivity index (χ3n) is 2.84. The van der Waals surface area contributed by atoms with E-state index in [4.69, 9.17) is 15.2 Å². The van der Waals surface area contributed by atoms with E-state index in [2.05, 4.69) is 4.98 Å². The van der Waals surface area contributed by atoms with Gasteiger partial charge in [-0.05, 0) is 32.0 Å². The van der Waals surface area contributed by atoms with Crippen LogP contribution in [0.2, 0.25) is 0 Å². The van der Waals surface area contributed by atoms with E-state index in [0.717, 1.165) is 15.6 Å². The monoisotopic (exact) mass is 292 g/mol. The molecule has 0 unspecified atom stereocenters. The summed E-state index contributed by atoms with van der Waals surface area (Å²) in [6, 6.07) is 4.85.